The molecule has 0 fully saturated rings. The van der Waals surface area contributed by atoms with Crippen LogP contribution in [0.15, 0.2) is 30.3 Å². The summed E-state index contributed by atoms with van der Waals surface area (Å²) in [5.41, 5.74) is 3.25. The van der Waals surface area contributed by atoms with Gasteiger partial charge in [0.05, 0.1) is 6.04 Å². The first-order chi connectivity index (χ1) is 9.95. The molecule has 2 nitrogen and oxygen atoms in total. The Balaban J connectivity index is 2.44. The molecule has 0 heterocycles. The minimum Gasteiger partial charge on any atom is -0.271 e. The van der Waals surface area contributed by atoms with E-state index in [1.807, 2.05) is 0 Å². The number of benzene rings is 2. The molecule has 1 atom stereocenters. The molecule has 0 spiro atoms. The van der Waals surface area contributed by atoms with Gasteiger partial charge in [-0.2, -0.15) is 0 Å². The van der Waals surface area contributed by atoms with E-state index in [-0.39, 0.29) is 12.0 Å². The third-order valence-electron chi connectivity index (χ3n) is 3.34. The zero-order valence-electron chi connectivity index (χ0n) is 11.3. The highest BCUT2D eigenvalue weighted by Gasteiger charge is 2.22. The first-order valence-electron chi connectivity index (χ1n) is 6.29. The van der Waals surface area contributed by atoms with Gasteiger partial charge in [0, 0.05) is 15.6 Å². The van der Waals surface area contributed by atoms with Crippen molar-refractivity contribution in [2.45, 2.75) is 19.4 Å². The zero-order valence-corrected chi connectivity index (χ0v) is 12.8. The van der Waals surface area contributed by atoms with Gasteiger partial charge in [-0.25, -0.2) is 8.78 Å². The van der Waals surface area contributed by atoms with Gasteiger partial charge in [0.1, 0.15) is 11.6 Å². The first kappa shape index (κ1) is 16.2. The van der Waals surface area contributed by atoms with Gasteiger partial charge in [0.15, 0.2) is 0 Å². The summed E-state index contributed by atoms with van der Waals surface area (Å²) in [7, 11) is 0. The predicted molar refractivity (Wildman–Crippen MR) is 81.3 cm³/mol. The van der Waals surface area contributed by atoms with Crippen LogP contribution in [0.5, 0.6) is 0 Å². The maximum atomic E-state index is 14.2. The van der Waals surface area contributed by atoms with Gasteiger partial charge >= 0.3 is 0 Å². The number of aryl methyl sites for hydroxylation is 1. The van der Waals surface area contributed by atoms with Crippen LogP contribution in [0, 0.1) is 18.6 Å². The molecule has 6 heteroatoms. The average Bonchev–Trinajstić information content (AvgIpc) is 2.45. The topological polar surface area (TPSA) is 38.0 Å². The molecule has 0 bridgehead atoms. The van der Waals surface area contributed by atoms with Crippen molar-refractivity contribution in [1.82, 2.24) is 5.43 Å². The summed E-state index contributed by atoms with van der Waals surface area (Å²) >= 11 is 12.2. The summed E-state index contributed by atoms with van der Waals surface area (Å²) in [5.74, 6) is 4.18. The second-order valence-corrected chi connectivity index (χ2v) is 5.53. The molecule has 0 saturated heterocycles. The Hall–Kier alpha value is -1.20. The van der Waals surface area contributed by atoms with Gasteiger partial charge < -0.3 is 0 Å². The molecule has 2 aromatic carbocycles. The number of nitrogens with two attached hydrogens (primary N) is 1. The molecule has 0 radical (unpaired) electrons. The molecule has 0 aliphatic rings. The monoisotopic (exact) mass is 330 g/mol. The number of hydrazine groups is 1. The summed E-state index contributed by atoms with van der Waals surface area (Å²) < 4.78 is 28.2. The molecular weight excluding hydrogens is 317 g/mol. The smallest absolute Gasteiger partial charge is 0.133 e. The van der Waals surface area contributed by atoms with E-state index in [0.29, 0.717) is 21.2 Å². The van der Waals surface area contributed by atoms with Crippen molar-refractivity contribution in [3.63, 3.8) is 0 Å². The Morgan fingerprint density at radius 3 is 2.33 bits per heavy atom. The average molecular weight is 331 g/mol. The van der Waals surface area contributed by atoms with Crippen LogP contribution >= 0.6 is 23.2 Å². The lowest BCUT2D eigenvalue weighted by Crippen LogP contribution is -2.31. The molecule has 0 amide bonds. The summed E-state index contributed by atoms with van der Waals surface area (Å²) in [6.07, 6.45) is 0.173. The minimum absolute atomic E-state index is 0.117. The molecule has 0 aliphatic carbocycles. The Labute approximate surface area is 131 Å². The van der Waals surface area contributed by atoms with Crippen molar-refractivity contribution in [2.75, 3.05) is 0 Å². The van der Waals surface area contributed by atoms with Crippen LogP contribution in [0.2, 0.25) is 10.0 Å². The Kier molecular flexibility index (Phi) is 5.17. The lowest BCUT2D eigenvalue weighted by molar-refractivity contribution is 0.470. The maximum absolute atomic E-state index is 14.2. The third kappa shape index (κ3) is 3.35. The van der Waals surface area contributed by atoms with E-state index in [1.165, 1.54) is 12.1 Å². The molecule has 0 aliphatic heterocycles. The number of rotatable bonds is 4. The highest BCUT2D eigenvalue weighted by molar-refractivity contribution is 6.36. The SMILES string of the molecule is Cc1ccc(F)c(C(Cc2c(Cl)cccc2Cl)NN)c1F. The highest BCUT2D eigenvalue weighted by atomic mass is 35.5. The number of hydrogen-bond donors (Lipinski definition) is 2. The van der Waals surface area contributed by atoms with Crippen molar-refractivity contribution in [3.8, 4) is 0 Å². The van der Waals surface area contributed by atoms with Crippen LogP contribution in [-0.4, -0.2) is 0 Å². The standard InChI is InChI=1S/C15H14Cl2F2N2/c1-8-5-6-12(18)14(15(8)19)13(21-20)7-9-10(16)3-2-4-11(9)17/h2-6,13,21H,7,20H2,1H3. The Morgan fingerprint density at radius 2 is 1.76 bits per heavy atom. The van der Waals surface area contributed by atoms with E-state index in [1.54, 1.807) is 25.1 Å². The van der Waals surface area contributed by atoms with Crippen molar-refractivity contribution in [2.24, 2.45) is 5.84 Å². The molecule has 1 unspecified atom stereocenters. The van der Waals surface area contributed by atoms with Crippen LogP contribution in [-0.2, 0) is 6.42 Å². The minimum atomic E-state index is -0.776. The van der Waals surface area contributed by atoms with Gasteiger partial charge in [-0.3, -0.25) is 11.3 Å². The van der Waals surface area contributed by atoms with E-state index >= 15 is 0 Å². The quantitative estimate of drug-likeness (QED) is 0.647. The Bertz CT molecular complexity index is 642. The highest BCUT2D eigenvalue weighted by Crippen LogP contribution is 2.31. The lowest BCUT2D eigenvalue weighted by atomic mass is 9.96. The Morgan fingerprint density at radius 1 is 1.14 bits per heavy atom. The third-order valence-corrected chi connectivity index (χ3v) is 4.05. The second kappa shape index (κ2) is 6.71. The van der Waals surface area contributed by atoms with Crippen LogP contribution < -0.4 is 11.3 Å². The molecule has 0 aromatic heterocycles. The number of nitrogens with one attached hydrogen (secondary N) is 1. The molecule has 2 aromatic rings. The second-order valence-electron chi connectivity index (χ2n) is 4.72. The molecule has 0 saturated carbocycles. The maximum Gasteiger partial charge on any atom is 0.133 e. The van der Waals surface area contributed by atoms with Crippen molar-refractivity contribution in [1.29, 1.82) is 0 Å². The van der Waals surface area contributed by atoms with E-state index < -0.39 is 17.7 Å². The number of hydrogen-bond acceptors (Lipinski definition) is 2. The van der Waals surface area contributed by atoms with E-state index in [4.69, 9.17) is 29.0 Å². The predicted octanol–water partition coefficient (Wildman–Crippen LogP) is 4.33. The summed E-state index contributed by atoms with van der Waals surface area (Å²) in [6.45, 7) is 1.56. The summed E-state index contributed by atoms with van der Waals surface area (Å²) in [6, 6.07) is 6.85. The first-order valence-corrected chi connectivity index (χ1v) is 7.04. The zero-order chi connectivity index (χ0) is 15.6. The summed E-state index contributed by atoms with van der Waals surface area (Å²) in [5, 5.41) is 0.854. The molecule has 112 valence electrons. The largest absolute Gasteiger partial charge is 0.271 e. The number of halogens is 4. The van der Waals surface area contributed by atoms with E-state index in [0.717, 1.165) is 0 Å². The van der Waals surface area contributed by atoms with E-state index in [2.05, 4.69) is 5.43 Å². The van der Waals surface area contributed by atoms with Crippen LogP contribution in [0.3, 0.4) is 0 Å². The van der Waals surface area contributed by atoms with Crippen LogP contribution in [0.1, 0.15) is 22.7 Å². The van der Waals surface area contributed by atoms with Crippen LogP contribution in [0.25, 0.3) is 0 Å². The van der Waals surface area contributed by atoms with Gasteiger partial charge in [0.2, 0.25) is 0 Å². The fraction of sp³-hybridized carbons (Fsp3) is 0.200. The van der Waals surface area contributed by atoms with Gasteiger partial charge in [-0.05, 0) is 42.7 Å². The van der Waals surface area contributed by atoms with Crippen LogP contribution in [0.4, 0.5) is 8.78 Å². The normalized spacial score (nSPS) is 12.5. The molecule has 21 heavy (non-hydrogen) atoms. The summed E-state index contributed by atoms with van der Waals surface area (Å²) in [4.78, 5) is 0. The van der Waals surface area contributed by atoms with Crippen molar-refractivity contribution in [3.05, 3.63) is 68.7 Å². The van der Waals surface area contributed by atoms with Gasteiger partial charge in [0.25, 0.3) is 0 Å². The van der Waals surface area contributed by atoms with Gasteiger partial charge in [-0.15, -0.1) is 0 Å². The fourth-order valence-electron chi connectivity index (χ4n) is 2.17. The molecular formula is C15H14Cl2F2N2. The molecule has 2 rings (SSSR count). The fourth-order valence-corrected chi connectivity index (χ4v) is 2.73. The van der Waals surface area contributed by atoms with Crippen molar-refractivity contribution < 1.29 is 8.78 Å². The van der Waals surface area contributed by atoms with E-state index in [9.17, 15) is 8.78 Å². The lowest BCUT2D eigenvalue weighted by Gasteiger charge is -2.20. The van der Waals surface area contributed by atoms with Gasteiger partial charge in [-0.1, -0.05) is 35.3 Å². The molecule has 3 N–H and O–H groups in total. The van der Waals surface area contributed by atoms with Crippen molar-refractivity contribution >= 4 is 23.2 Å².